The summed E-state index contributed by atoms with van der Waals surface area (Å²) in [4.78, 5) is 23.9. The van der Waals surface area contributed by atoms with Gasteiger partial charge >= 0.3 is 5.97 Å². The van der Waals surface area contributed by atoms with Gasteiger partial charge in [-0.2, -0.15) is 0 Å². The highest BCUT2D eigenvalue weighted by molar-refractivity contribution is 7.10. The summed E-state index contributed by atoms with van der Waals surface area (Å²) in [5, 5.41) is 13.5. The van der Waals surface area contributed by atoms with Crippen molar-refractivity contribution in [1.29, 1.82) is 0 Å². The van der Waals surface area contributed by atoms with Crippen LogP contribution in [0, 0.1) is 0 Å². The zero-order valence-corrected chi connectivity index (χ0v) is 12.2. The molecule has 0 bridgehead atoms. The number of benzene rings is 1. The lowest BCUT2D eigenvalue weighted by Crippen LogP contribution is -2.41. The van der Waals surface area contributed by atoms with Crippen molar-refractivity contribution in [3.63, 3.8) is 0 Å². The fourth-order valence-corrected chi connectivity index (χ4v) is 2.49. The van der Waals surface area contributed by atoms with E-state index in [2.05, 4.69) is 5.32 Å². The van der Waals surface area contributed by atoms with Gasteiger partial charge in [0, 0.05) is 4.88 Å². The Hall–Kier alpha value is -2.34. The lowest BCUT2D eigenvalue weighted by Gasteiger charge is -2.18. The molecule has 0 aliphatic heterocycles. The normalized spacial score (nSPS) is 13.2. The zero-order chi connectivity index (χ0) is 15.2. The Morgan fingerprint density at radius 2 is 1.90 bits per heavy atom. The number of aliphatic carboxylic acids is 1. The van der Waals surface area contributed by atoms with Crippen molar-refractivity contribution >= 4 is 23.2 Å². The van der Waals surface area contributed by atoms with Gasteiger partial charge in [0.05, 0.1) is 0 Å². The largest absolute Gasteiger partial charge is 0.481 e. The minimum absolute atomic E-state index is 0.473. The van der Waals surface area contributed by atoms with Gasteiger partial charge in [-0.25, -0.2) is 4.79 Å². The van der Waals surface area contributed by atoms with Gasteiger partial charge in [0.25, 0.3) is 5.91 Å². The van der Waals surface area contributed by atoms with Crippen molar-refractivity contribution in [2.24, 2.45) is 0 Å². The van der Waals surface area contributed by atoms with E-state index in [1.54, 1.807) is 48.7 Å². The summed E-state index contributed by atoms with van der Waals surface area (Å²) in [7, 11) is 0. The number of thiophene rings is 1. The van der Waals surface area contributed by atoms with E-state index in [0.29, 0.717) is 10.6 Å². The number of carbonyl (C=O) groups is 2. The van der Waals surface area contributed by atoms with Gasteiger partial charge < -0.3 is 15.2 Å². The van der Waals surface area contributed by atoms with Crippen LogP contribution in [0.15, 0.2) is 47.8 Å². The topological polar surface area (TPSA) is 75.6 Å². The molecule has 0 fully saturated rings. The second-order valence-corrected chi connectivity index (χ2v) is 5.35. The van der Waals surface area contributed by atoms with Crippen LogP contribution in [0.3, 0.4) is 0 Å². The van der Waals surface area contributed by atoms with Crippen LogP contribution < -0.4 is 10.1 Å². The van der Waals surface area contributed by atoms with Gasteiger partial charge in [-0.3, -0.25) is 4.79 Å². The monoisotopic (exact) mass is 305 g/mol. The van der Waals surface area contributed by atoms with E-state index in [9.17, 15) is 14.7 Å². The van der Waals surface area contributed by atoms with Crippen LogP contribution >= 0.6 is 11.3 Å². The smallest absolute Gasteiger partial charge is 0.331 e. The molecule has 21 heavy (non-hydrogen) atoms. The van der Waals surface area contributed by atoms with Crippen LogP contribution in [0.5, 0.6) is 5.75 Å². The minimum Gasteiger partial charge on any atom is -0.481 e. The Morgan fingerprint density at radius 3 is 2.48 bits per heavy atom. The molecule has 1 aromatic carbocycles. The fourth-order valence-electron chi connectivity index (χ4n) is 1.73. The third-order valence-electron chi connectivity index (χ3n) is 2.79. The van der Waals surface area contributed by atoms with E-state index < -0.39 is 24.0 Å². The predicted octanol–water partition coefficient (Wildman–Crippen LogP) is 2.46. The highest BCUT2D eigenvalue weighted by Crippen LogP contribution is 2.19. The molecular weight excluding hydrogens is 290 g/mol. The van der Waals surface area contributed by atoms with Gasteiger partial charge in [0.2, 0.25) is 0 Å². The van der Waals surface area contributed by atoms with Gasteiger partial charge in [-0.1, -0.05) is 24.3 Å². The number of carboxylic acids is 1. The summed E-state index contributed by atoms with van der Waals surface area (Å²) in [6.07, 6.45) is -0.783. The number of carbonyl (C=O) groups excluding carboxylic acids is 1. The number of carboxylic acid groups (broad SMARTS) is 1. The van der Waals surface area contributed by atoms with Crippen molar-refractivity contribution in [1.82, 2.24) is 5.32 Å². The molecule has 0 aliphatic rings. The fraction of sp³-hybridized carbons (Fsp3) is 0.200. The second kappa shape index (κ2) is 6.90. The first-order chi connectivity index (χ1) is 10.1. The van der Waals surface area contributed by atoms with Crippen molar-refractivity contribution in [3.05, 3.63) is 52.7 Å². The molecular formula is C15H15NO4S. The highest BCUT2D eigenvalue weighted by atomic mass is 32.1. The first-order valence-electron chi connectivity index (χ1n) is 6.36. The van der Waals surface area contributed by atoms with Gasteiger partial charge in [-0.05, 0) is 30.5 Å². The highest BCUT2D eigenvalue weighted by Gasteiger charge is 2.26. The van der Waals surface area contributed by atoms with Crippen molar-refractivity contribution < 1.29 is 19.4 Å². The molecule has 1 aromatic heterocycles. The van der Waals surface area contributed by atoms with Crippen LogP contribution in [0.1, 0.15) is 17.8 Å². The van der Waals surface area contributed by atoms with Gasteiger partial charge in [-0.15, -0.1) is 11.3 Å². The van der Waals surface area contributed by atoms with Gasteiger partial charge in [0.1, 0.15) is 5.75 Å². The zero-order valence-electron chi connectivity index (χ0n) is 11.4. The maximum Gasteiger partial charge on any atom is 0.331 e. The van der Waals surface area contributed by atoms with E-state index in [1.165, 1.54) is 11.3 Å². The summed E-state index contributed by atoms with van der Waals surface area (Å²) in [6.45, 7) is 1.58. The van der Waals surface area contributed by atoms with E-state index in [0.717, 1.165) is 0 Å². The maximum absolute atomic E-state index is 12.1. The Balaban J connectivity index is 2.00. The lowest BCUT2D eigenvalue weighted by molar-refractivity contribution is -0.143. The van der Waals surface area contributed by atoms with E-state index in [-0.39, 0.29) is 0 Å². The van der Waals surface area contributed by atoms with Crippen molar-refractivity contribution in [2.75, 3.05) is 0 Å². The number of hydrogen-bond acceptors (Lipinski definition) is 4. The molecule has 0 aliphatic carbocycles. The molecule has 1 heterocycles. The number of ether oxygens (including phenoxy) is 1. The molecule has 2 aromatic rings. The Morgan fingerprint density at radius 1 is 1.19 bits per heavy atom. The van der Waals surface area contributed by atoms with Crippen molar-refractivity contribution in [3.8, 4) is 5.75 Å². The van der Waals surface area contributed by atoms with Crippen molar-refractivity contribution in [2.45, 2.75) is 19.1 Å². The van der Waals surface area contributed by atoms with Crippen LogP contribution in [0.25, 0.3) is 0 Å². The molecule has 6 heteroatoms. The van der Waals surface area contributed by atoms with Crippen LogP contribution in [-0.2, 0) is 9.59 Å². The van der Waals surface area contributed by atoms with Crippen LogP contribution in [0.4, 0.5) is 0 Å². The summed E-state index contributed by atoms with van der Waals surface area (Å²) in [5.74, 6) is -1.01. The molecule has 0 spiro atoms. The molecule has 2 atom stereocenters. The molecule has 0 saturated carbocycles. The minimum atomic E-state index is -1.10. The number of nitrogens with one attached hydrogen (secondary N) is 1. The Labute approximate surface area is 126 Å². The lowest BCUT2D eigenvalue weighted by atomic mass is 10.2. The average molecular weight is 305 g/mol. The maximum atomic E-state index is 12.1. The van der Waals surface area contributed by atoms with Crippen LogP contribution in [0.2, 0.25) is 0 Å². The first kappa shape index (κ1) is 15.1. The third-order valence-corrected chi connectivity index (χ3v) is 3.72. The molecule has 2 unspecified atom stereocenters. The Kier molecular flexibility index (Phi) is 4.94. The molecule has 0 saturated heterocycles. The summed E-state index contributed by atoms with van der Waals surface area (Å²) in [5.41, 5.74) is 0. The molecule has 5 nitrogen and oxygen atoms in total. The predicted molar refractivity (Wildman–Crippen MR) is 79.4 cm³/mol. The molecule has 0 radical (unpaired) electrons. The number of para-hydroxylation sites is 1. The molecule has 2 N–H and O–H groups in total. The molecule has 2 rings (SSSR count). The number of amides is 1. The second-order valence-electron chi connectivity index (χ2n) is 4.37. The average Bonchev–Trinajstić information content (AvgIpc) is 2.99. The SMILES string of the molecule is CC(Oc1ccccc1)C(=O)NC(C(=O)O)c1cccs1. The molecule has 110 valence electrons. The van der Waals surface area contributed by atoms with E-state index in [4.69, 9.17) is 4.74 Å². The standard InChI is InChI=1S/C15H15NO4S/c1-10(20-11-6-3-2-4-7-11)14(17)16-13(15(18)19)12-8-5-9-21-12/h2-10,13H,1H3,(H,16,17)(H,18,19). The quantitative estimate of drug-likeness (QED) is 0.859. The summed E-state index contributed by atoms with van der Waals surface area (Å²) < 4.78 is 5.47. The number of rotatable bonds is 6. The first-order valence-corrected chi connectivity index (χ1v) is 7.24. The van der Waals surface area contributed by atoms with E-state index in [1.807, 2.05) is 6.07 Å². The molecule has 1 amide bonds. The summed E-state index contributed by atoms with van der Waals surface area (Å²) >= 11 is 1.28. The Bertz CT molecular complexity index is 597. The van der Waals surface area contributed by atoms with Crippen LogP contribution in [-0.4, -0.2) is 23.1 Å². The summed E-state index contributed by atoms with van der Waals surface area (Å²) in [6, 6.07) is 11.3. The van der Waals surface area contributed by atoms with Gasteiger partial charge in [0.15, 0.2) is 12.1 Å². The van der Waals surface area contributed by atoms with E-state index >= 15 is 0 Å². The number of hydrogen-bond donors (Lipinski definition) is 2. The third kappa shape index (κ3) is 4.06.